The van der Waals surface area contributed by atoms with Crippen LogP contribution < -0.4 is 5.32 Å². The van der Waals surface area contributed by atoms with Gasteiger partial charge in [0, 0.05) is 11.6 Å². The van der Waals surface area contributed by atoms with Crippen LogP contribution in [0.3, 0.4) is 0 Å². The molecule has 19 heavy (non-hydrogen) atoms. The Bertz CT molecular complexity index is 433. The third kappa shape index (κ3) is 3.85. The second-order valence-electron chi connectivity index (χ2n) is 4.72. The van der Waals surface area contributed by atoms with E-state index < -0.39 is 0 Å². The van der Waals surface area contributed by atoms with Gasteiger partial charge in [-0.15, -0.1) is 11.6 Å². The zero-order valence-electron chi connectivity index (χ0n) is 10.7. The van der Waals surface area contributed by atoms with Crippen LogP contribution in [0.2, 0.25) is 5.02 Å². The summed E-state index contributed by atoms with van der Waals surface area (Å²) in [5.41, 5.74) is 1.07. The summed E-state index contributed by atoms with van der Waals surface area (Å²) in [5, 5.41) is 3.61. The van der Waals surface area contributed by atoms with Crippen LogP contribution in [0.25, 0.3) is 0 Å². The van der Waals surface area contributed by atoms with E-state index in [1.54, 1.807) is 0 Å². The molecular weight excluding hydrogens is 283 g/mol. The van der Waals surface area contributed by atoms with Crippen molar-refractivity contribution in [1.29, 1.82) is 0 Å². The Labute approximate surface area is 123 Å². The molecule has 2 rings (SSSR count). The van der Waals surface area contributed by atoms with Gasteiger partial charge in [0.15, 0.2) is 0 Å². The third-order valence-electron chi connectivity index (χ3n) is 3.46. The molecule has 5 heteroatoms. The van der Waals surface area contributed by atoms with Crippen molar-refractivity contribution in [3.05, 3.63) is 34.9 Å². The van der Waals surface area contributed by atoms with Gasteiger partial charge in [-0.25, -0.2) is 0 Å². The lowest BCUT2D eigenvalue weighted by Gasteiger charge is -2.28. The second kappa shape index (κ2) is 7.13. The molecule has 1 fully saturated rings. The van der Waals surface area contributed by atoms with Gasteiger partial charge in [-0.3, -0.25) is 9.69 Å². The number of halogens is 2. The van der Waals surface area contributed by atoms with Crippen molar-refractivity contribution < 1.29 is 4.79 Å². The maximum atomic E-state index is 11.4. The van der Waals surface area contributed by atoms with Gasteiger partial charge in [0.25, 0.3) is 0 Å². The number of likely N-dealkylation sites (tertiary alicyclic amines) is 1. The molecule has 104 valence electrons. The highest BCUT2D eigenvalue weighted by Crippen LogP contribution is 2.29. The summed E-state index contributed by atoms with van der Waals surface area (Å²) in [4.78, 5) is 13.7. The molecule has 1 heterocycles. The van der Waals surface area contributed by atoms with Crippen LogP contribution in [0.4, 0.5) is 0 Å². The highest BCUT2D eigenvalue weighted by molar-refractivity contribution is 6.31. The predicted octanol–water partition coefficient (Wildman–Crippen LogP) is 2.83. The number of carbonyl (C=O) groups is 1. The number of rotatable bonds is 5. The van der Waals surface area contributed by atoms with E-state index >= 15 is 0 Å². The summed E-state index contributed by atoms with van der Waals surface area (Å²) in [6.45, 7) is 2.65. The fourth-order valence-electron chi connectivity index (χ4n) is 2.49. The lowest BCUT2D eigenvalue weighted by atomic mass is 10.1. The minimum absolute atomic E-state index is 0.00472. The summed E-state index contributed by atoms with van der Waals surface area (Å²) < 4.78 is 0. The average molecular weight is 301 g/mol. The monoisotopic (exact) mass is 300 g/mol. The molecule has 1 aromatic carbocycles. The zero-order chi connectivity index (χ0) is 13.7. The minimum Gasteiger partial charge on any atom is -0.353 e. The SMILES string of the molecule is O=C(CCl)NC[C@@H](c1ccccc1Cl)N1CCCC1. The normalized spacial score (nSPS) is 17.4. The molecule has 1 N–H and O–H groups in total. The largest absolute Gasteiger partial charge is 0.353 e. The van der Waals surface area contributed by atoms with Crippen LogP contribution in [0.5, 0.6) is 0 Å². The lowest BCUT2D eigenvalue weighted by Crippen LogP contribution is -2.37. The van der Waals surface area contributed by atoms with Crippen LogP contribution >= 0.6 is 23.2 Å². The third-order valence-corrected chi connectivity index (χ3v) is 4.05. The molecule has 0 spiro atoms. The molecule has 1 aliphatic heterocycles. The first-order valence-corrected chi connectivity index (χ1v) is 7.44. The molecule has 0 bridgehead atoms. The number of benzene rings is 1. The number of carbonyl (C=O) groups excluding carboxylic acids is 1. The molecule has 3 nitrogen and oxygen atoms in total. The molecule has 0 unspecified atom stereocenters. The second-order valence-corrected chi connectivity index (χ2v) is 5.39. The molecule has 1 aliphatic rings. The summed E-state index contributed by atoms with van der Waals surface area (Å²) >= 11 is 11.8. The fourth-order valence-corrected chi connectivity index (χ4v) is 2.85. The molecular formula is C14H18Cl2N2O. The minimum atomic E-state index is -0.141. The summed E-state index contributed by atoms with van der Waals surface area (Å²) in [6.07, 6.45) is 2.40. The van der Waals surface area contributed by atoms with E-state index in [1.165, 1.54) is 12.8 Å². The molecule has 1 atom stereocenters. The first-order chi connectivity index (χ1) is 9.22. The Morgan fingerprint density at radius 1 is 1.32 bits per heavy atom. The molecule has 1 saturated heterocycles. The standard InChI is InChI=1S/C14H18Cl2N2O/c15-9-14(19)17-10-13(18-7-3-4-8-18)11-5-1-2-6-12(11)16/h1-2,5-6,13H,3-4,7-10H2,(H,17,19)/t13-/m0/s1. The average Bonchev–Trinajstić information content (AvgIpc) is 2.94. The zero-order valence-corrected chi connectivity index (χ0v) is 12.3. The molecule has 0 aliphatic carbocycles. The van der Waals surface area contributed by atoms with E-state index in [-0.39, 0.29) is 17.8 Å². The number of nitrogens with zero attached hydrogens (tertiary/aromatic N) is 1. The Kier molecular flexibility index (Phi) is 5.49. The number of hydrogen-bond donors (Lipinski definition) is 1. The quantitative estimate of drug-likeness (QED) is 0.848. The number of nitrogens with one attached hydrogen (secondary N) is 1. The van der Waals surface area contributed by atoms with Gasteiger partial charge in [0.05, 0.1) is 6.04 Å². The highest BCUT2D eigenvalue weighted by atomic mass is 35.5. The van der Waals surface area contributed by atoms with Gasteiger partial charge >= 0.3 is 0 Å². The number of amides is 1. The van der Waals surface area contributed by atoms with Crippen molar-refractivity contribution in [1.82, 2.24) is 10.2 Å². The van der Waals surface area contributed by atoms with Crippen LogP contribution in [0, 0.1) is 0 Å². The van der Waals surface area contributed by atoms with Gasteiger partial charge < -0.3 is 5.32 Å². The van der Waals surface area contributed by atoms with Crippen molar-refractivity contribution in [3.8, 4) is 0 Å². The van der Waals surface area contributed by atoms with Gasteiger partial charge in [-0.05, 0) is 37.6 Å². The van der Waals surface area contributed by atoms with Crippen LogP contribution in [-0.4, -0.2) is 36.3 Å². The fraction of sp³-hybridized carbons (Fsp3) is 0.500. The lowest BCUT2D eigenvalue weighted by molar-refractivity contribution is -0.118. The Balaban J connectivity index is 2.14. The van der Waals surface area contributed by atoms with E-state index in [4.69, 9.17) is 23.2 Å². The number of alkyl halides is 1. The maximum absolute atomic E-state index is 11.4. The summed E-state index contributed by atoms with van der Waals surface area (Å²) in [6, 6.07) is 7.95. The van der Waals surface area contributed by atoms with E-state index in [0.29, 0.717) is 6.54 Å². The number of hydrogen-bond acceptors (Lipinski definition) is 2. The van der Waals surface area contributed by atoms with Crippen molar-refractivity contribution >= 4 is 29.1 Å². The molecule has 1 amide bonds. The molecule has 0 aromatic heterocycles. The van der Waals surface area contributed by atoms with Crippen LogP contribution in [0.1, 0.15) is 24.4 Å². The van der Waals surface area contributed by atoms with Gasteiger partial charge in [-0.1, -0.05) is 29.8 Å². The van der Waals surface area contributed by atoms with E-state index in [9.17, 15) is 4.79 Å². The first-order valence-electron chi connectivity index (χ1n) is 6.53. The van der Waals surface area contributed by atoms with Crippen molar-refractivity contribution in [2.24, 2.45) is 0 Å². The molecule has 0 saturated carbocycles. The molecule has 1 aromatic rings. The van der Waals surface area contributed by atoms with Crippen molar-refractivity contribution in [3.63, 3.8) is 0 Å². The Morgan fingerprint density at radius 2 is 2.00 bits per heavy atom. The van der Waals surface area contributed by atoms with E-state index in [0.717, 1.165) is 23.7 Å². The predicted molar refractivity (Wildman–Crippen MR) is 78.7 cm³/mol. The summed E-state index contributed by atoms with van der Waals surface area (Å²) in [7, 11) is 0. The van der Waals surface area contributed by atoms with Crippen LogP contribution in [0.15, 0.2) is 24.3 Å². The summed E-state index contributed by atoms with van der Waals surface area (Å²) in [5.74, 6) is -0.146. The smallest absolute Gasteiger partial charge is 0.234 e. The van der Waals surface area contributed by atoms with Crippen LogP contribution in [-0.2, 0) is 4.79 Å². The first kappa shape index (κ1) is 14.6. The Morgan fingerprint density at radius 3 is 2.63 bits per heavy atom. The Hall–Kier alpha value is -0.770. The topological polar surface area (TPSA) is 32.3 Å². The van der Waals surface area contributed by atoms with Crippen molar-refractivity contribution in [2.75, 3.05) is 25.5 Å². The highest BCUT2D eigenvalue weighted by Gasteiger charge is 2.25. The van der Waals surface area contributed by atoms with Gasteiger partial charge in [-0.2, -0.15) is 0 Å². The van der Waals surface area contributed by atoms with E-state index in [2.05, 4.69) is 10.2 Å². The maximum Gasteiger partial charge on any atom is 0.234 e. The van der Waals surface area contributed by atoms with E-state index in [1.807, 2.05) is 24.3 Å². The van der Waals surface area contributed by atoms with Gasteiger partial charge in [0.1, 0.15) is 5.88 Å². The molecule has 0 radical (unpaired) electrons. The van der Waals surface area contributed by atoms with Crippen molar-refractivity contribution in [2.45, 2.75) is 18.9 Å². The van der Waals surface area contributed by atoms with Gasteiger partial charge in [0.2, 0.25) is 5.91 Å².